The lowest BCUT2D eigenvalue weighted by Gasteiger charge is -2.27. The van der Waals surface area contributed by atoms with Crippen LogP contribution in [-0.4, -0.2) is 27.1 Å². The molecular formula is C11H14BrN3O2. The van der Waals surface area contributed by atoms with Crippen molar-refractivity contribution in [3.05, 3.63) is 17.0 Å². The second-order valence-corrected chi connectivity index (χ2v) is 5.10. The highest BCUT2D eigenvalue weighted by Gasteiger charge is 2.26. The summed E-state index contributed by atoms with van der Waals surface area (Å²) in [6.45, 7) is 0. The van der Waals surface area contributed by atoms with E-state index in [1.54, 1.807) is 6.20 Å². The second kappa shape index (κ2) is 5.44. The summed E-state index contributed by atoms with van der Waals surface area (Å²) in [6, 6.07) is 0.303. The zero-order valence-electron chi connectivity index (χ0n) is 9.27. The topological polar surface area (TPSA) is 75.1 Å². The first-order chi connectivity index (χ1) is 8.16. The SMILES string of the molecule is O=C(O)C1CCC(Nc2ncncc2Br)CC1. The highest BCUT2D eigenvalue weighted by atomic mass is 79.9. The van der Waals surface area contributed by atoms with Crippen molar-refractivity contribution in [2.75, 3.05) is 5.32 Å². The van der Waals surface area contributed by atoms with Gasteiger partial charge in [0.2, 0.25) is 0 Å². The maximum atomic E-state index is 10.8. The minimum atomic E-state index is -0.674. The number of carbonyl (C=O) groups is 1. The zero-order chi connectivity index (χ0) is 12.3. The zero-order valence-corrected chi connectivity index (χ0v) is 10.9. The lowest BCUT2D eigenvalue weighted by Crippen LogP contribution is -2.29. The quantitative estimate of drug-likeness (QED) is 0.896. The number of aliphatic carboxylic acids is 1. The molecule has 0 radical (unpaired) electrons. The summed E-state index contributed by atoms with van der Waals surface area (Å²) in [7, 11) is 0. The number of hydrogen-bond donors (Lipinski definition) is 2. The summed E-state index contributed by atoms with van der Waals surface area (Å²) in [5.41, 5.74) is 0. The van der Waals surface area contributed by atoms with Crippen LogP contribution >= 0.6 is 15.9 Å². The Kier molecular flexibility index (Phi) is 3.93. The van der Waals surface area contributed by atoms with Crippen molar-refractivity contribution >= 4 is 27.7 Å². The van der Waals surface area contributed by atoms with E-state index in [-0.39, 0.29) is 5.92 Å². The van der Waals surface area contributed by atoms with Gasteiger partial charge in [0.25, 0.3) is 0 Å². The van der Waals surface area contributed by atoms with Gasteiger partial charge in [0.15, 0.2) is 0 Å². The average molecular weight is 300 g/mol. The predicted molar refractivity (Wildman–Crippen MR) is 66.7 cm³/mol. The van der Waals surface area contributed by atoms with E-state index in [1.165, 1.54) is 6.33 Å². The molecule has 1 fully saturated rings. The van der Waals surface area contributed by atoms with Gasteiger partial charge in [0.1, 0.15) is 12.1 Å². The van der Waals surface area contributed by atoms with Crippen LogP contribution in [0.3, 0.4) is 0 Å². The molecule has 1 heterocycles. The second-order valence-electron chi connectivity index (χ2n) is 4.25. The molecule has 0 bridgehead atoms. The van der Waals surface area contributed by atoms with Gasteiger partial charge >= 0.3 is 5.97 Å². The van der Waals surface area contributed by atoms with E-state index in [9.17, 15) is 4.79 Å². The van der Waals surface area contributed by atoms with Crippen LogP contribution in [0.1, 0.15) is 25.7 Å². The molecule has 2 N–H and O–H groups in total. The monoisotopic (exact) mass is 299 g/mol. The number of hydrogen-bond acceptors (Lipinski definition) is 4. The number of carboxylic acid groups (broad SMARTS) is 1. The van der Waals surface area contributed by atoms with Gasteiger partial charge < -0.3 is 10.4 Å². The largest absolute Gasteiger partial charge is 0.481 e. The maximum Gasteiger partial charge on any atom is 0.306 e. The highest BCUT2D eigenvalue weighted by Crippen LogP contribution is 2.28. The number of aromatic nitrogens is 2. The molecule has 2 rings (SSSR count). The van der Waals surface area contributed by atoms with Crippen LogP contribution in [0.5, 0.6) is 0 Å². The number of rotatable bonds is 3. The molecule has 0 atom stereocenters. The molecule has 0 aliphatic heterocycles. The molecule has 6 heteroatoms. The molecule has 0 aromatic carbocycles. The first-order valence-corrected chi connectivity index (χ1v) is 6.41. The van der Waals surface area contributed by atoms with Gasteiger partial charge in [-0.15, -0.1) is 0 Å². The molecule has 1 aliphatic rings. The van der Waals surface area contributed by atoms with Crippen LogP contribution in [0.25, 0.3) is 0 Å². The minimum Gasteiger partial charge on any atom is -0.481 e. The van der Waals surface area contributed by atoms with Crippen molar-refractivity contribution in [3.8, 4) is 0 Å². The van der Waals surface area contributed by atoms with Crippen molar-refractivity contribution in [1.82, 2.24) is 9.97 Å². The van der Waals surface area contributed by atoms with E-state index in [2.05, 4.69) is 31.2 Å². The Bertz CT molecular complexity index is 405. The van der Waals surface area contributed by atoms with Crippen LogP contribution in [-0.2, 0) is 4.79 Å². The van der Waals surface area contributed by atoms with E-state index in [1.807, 2.05) is 0 Å². The van der Waals surface area contributed by atoms with Gasteiger partial charge in [0, 0.05) is 12.2 Å². The Hall–Kier alpha value is -1.17. The lowest BCUT2D eigenvalue weighted by molar-refractivity contribution is -0.142. The van der Waals surface area contributed by atoms with Crippen LogP contribution < -0.4 is 5.32 Å². The lowest BCUT2D eigenvalue weighted by atomic mass is 9.86. The van der Waals surface area contributed by atoms with E-state index in [0.717, 1.165) is 36.0 Å². The summed E-state index contributed by atoms with van der Waals surface area (Å²) in [5.74, 6) is -0.0765. The third kappa shape index (κ3) is 3.15. The Balaban J connectivity index is 1.90. The Labute approximate surface area is 108 Å². The molecule has 92 valence electrons. The first-order valence-electron chi connectivity index (χ1n) is 5.61. The molecule has 0 saturated heterocycles. The molecule has 0 unspecified atom stereocenters. The molecule has 0 amide bonds. The standard InChI is InChI=1S/C11H14BrN3O2/c12-9-5-13-6-14-10(9)15-8-3-1-7(2-4-8)11(16)17/h5-8H,1-4H2,(H,16,17)(H,13,14,15). The molecule has 1 aromatic rings. The van der Waals surface area contributed by atoms with Gasteiger partial charge in [-0.1, -0.05) is 0 Å². The molecule has 0 spiro atoms. The first kappa shape index (κ1) is 12.3. The van der Waals surface area contributed by atoms with Gasteiger partial charge in [-0.3, -0.25) is 4.79 Å². The Morgan fingerprint density at radius 2 is 2.12 bits per heavy atom. The molecule has 17 heavy (non-hydrogen) atoms. The molecule has 1 saturated carbocycles. The molecule has 1 aromatic heterocycles. The van der Waals surface area contributed by atoms with Gasteiger partial charge in [0.05, 0.1) is 10.4 Å². The average Bonchev–Trinajstić information content (AvgIpc) is 2.33. The number of halogens is 1. The third-order valence-electron chi connectivity index (χ3n) is 3.08. The Morgan fingerprint density at radius 1 is 1.41 bits per heavy atom. The van der Waals surface area contributed by atoms with E-state index in [0.29, 0.717) is 6.04 Å². The Morgan fingerprint density at radius 3 is 2.71 bits per heavy atom. The van der Waals surface area contributed by atoms with Crippen molar-refractivity contribution < 1.29 is 9.90 Å². The van der Waals surface area contributed by atoms with Crippen LogP contribution in [0.15, 0.2) is 17.0 Å². The minimum absolute atomic E-state index is 0.179. The summed E-state index contributed by atoms with van der Waals surface area (Å²) in [4.78, 5) is 18.9. The number of anilines is 1. The highest BCUT2D eigenvalue weighted by molar-refractivity contribution is 9.10. The molecular weight excluding hydrogens is 286 g/mol. The maximum absolute atomic E-state index is 10.8. The van der Waals surface area contributed by atoms with Crippen molar-refractivity contribution in [2.24, 2.45) is 5.92 Å². The molecule has 1 aliphatic carbocycles. The van der Waals surface area contributed by atoms with Crippen LogP contribution in [0.2, 0.25) is 0 Å². The summed E-state index contributed by atoms with van der Waals surface area (Å²) in [6.07, 6.45) is 6.39. The van der Waals surface area contributed by atoms with E-state index in [4.69, 9.17) is 5.11 Å². The van der Waals surface area contributed by atoms with Crippen molar-refractivity contribution in [3.63, 3.8) is 0 Å². The van der Waals surface area contributed by atoms with Crippen molar-refractivity contribution in [2.45, 2.75) is 31.7 Å². The summed E-state index contributed by atoms with van der Waals surface area (Å²) in [5, 5.41) is 12.2. The van der Waals surface area contributed by atoms with E-state index >= 15 is 0 Å². The van der Waals surface area contributed by atoms with Crippen LogP contribution in [0, 0.1) is 5.92 Å². The van der Waals surface area contributed by atoms with Gasteiger partial charge in [-0.2, -0.15) is 0 Å². The summed E-state index contributed by atoms with van der Waals surface area (Å²) >= 11 is 3.38. The van der Waals surface area contributed by atoms with Crippen molar-refractivity contribution in [1.29, 1.82) is 0 Å². The third-order valence-corrected chi connectivity index (χ3v) is 3.67. The number of nitrogens with zero attached hydrogens (tertiary/aromatic N) is 2. The number of carboxylic acids is 1. The van der Waals surface area contributed by atoms with Crippen LogP contribution in [0.4, 0.5) is 5.82 Å². The van der Waals surface area contributed by atoms with Gasteiger partial charge in [-0.05, 0) is 41.6 Å². The smallest absolute Gasteiger partial charge is 0.306 e. The fraction of sp³-hybridized carbons (Fsp3) is 0.545. The predicted octanol–water partition coefficient (Wildman–Crippen LogP) is 2.29. The number of nitrogens with one attached hydrogen (secondary N) is 1. The normalized spacial score (nSPS) is 24.3. The molecule has 5 nitrogen and oxygen atoms in total. The summed E-state index contributed by atoms with van der Waals surface area (Å²) < 4.78 is 0.834. The van der Waals surface area contributed by atoms with Gasteiger partial charge in [-0.25, -0.2) is 9.97 Å². The fourth-order valence-corrected chi connectivity index (χ4v) is 2.43. The fourth-order valence-electron chi connectivity index (χ4n) is 2.10. The van der Waals surface area contributed by atoms with E-state index < -0.39 is 5.97 Å².